The van der Waals surface area contributed by atoms with Crippen molar-refractivity contribution < 1.29 is 4.74 Å². The largest absolute Gasteiger partial charge is 0.475 e. The van der Waals surface area contributed by atoms with Gasteiger partial charge in [-0.15, -0.1) is 0 Å². The van der Waals surface area contributed by atoms with E-state index < -0.39 is 0 Å². The molecule has 0 aliphatic carbocycles. The zero-order chi connectivity index (χ0) is 13.8. The number of piperidine rings is 1. The number of likely N-dealkylation sites (tertiary alicyclic amines) is 1. The Morgan fingerprint density at radius 1 is 1.53 bits per heavy atom. The van der Waals surface area contributed by atoms with E-state index in [1.165, 1.54) is 19.3 Å². The number of rotatable bonds is 4. The van der Waals surface area contributed by atoms with E-state index in [0.29, 0.717) is 23.5 Å². The van der Waals surface area contributed by atoms with Crippen LogP contribution in [0, 0.1) is 6.92 Å². The van der Waals surface area contributed by atoms with Crippen LogP contribution >= 0.6 is 12.2 Å². The summed E-state index contributed by atoms with van der Waals surface area (Å²) in [7, 11) is 2.14. The van der Waals surface area contributed by atoms with Crippen molar-refractivity contribution >= 4 is 17.2 Å². The Balaban J connectivity index is 2.05. The van der Waals surface area contributed by atoms with E-state index in [9.17, 15) is 0 Å². The Kier molecular flexibility index (Phi) is 4.71. The van der Waals surface area contributed by atoms with Gasteiger partial charge in [0.25, 0.3) is 0 Å². The second kappa shape index (κ2) is 6.30. The maximum atomic E-state index is 5.87. The topological polar surface area (TPSA) is 51.4 Å². The van der Waals surface area contributed by atoms with Crippen molar-refractivity contribution in [2.45, 2.75) is 32.2 Å². The third-order valence-electron chi connectivity index (χ3n) is 3.60. The highest BCUT2D eigenvalue weighted by Gasteiger charge is 2.20. The molecule has 0 aromatic carbocycles. The summed E-state index contributed by atoms with van der Waals surface area (Å²) in [5.41, 5.74) is 7.33. The predicted octanol–water partition coefficient (Wildman–Crippen LogP) is 1.89. The van der Waals surface area contributed by atoms with Gasteiger partial charge in [0.2, 0.25) is 5.88 Å². The van der Waals surface area contributed by atoms with Gasteiger partial charge in [-0.1, -0.05) is 18.6 Å². The molecule has 0 radical (unpaired) electrons. The van der Waals surface area contributed by atoms with E-state index in [0.717, 1.165) is 17.8 Å². The van der Waals surface area contributed by atoms with Crippen LogP contribution in [0.15, 0.2) is 12.1 Å². The highest BCUT2D eigenvalue weighted by molar-refractivity contribution is 7.80. The summed E-state index contributed by atoms with van der Waals surface area (Å²) in [6, 6.07) is 4.23. The Morgan fingerprint density at radius 2 is 2.32 bits per heavy atom. The zero-order valence-corrected chi connectivity index (χ0v) is 12.4. The Bertz CT molecular complexity index is 464. The van der Waals surface area contributed by atoms with E-state index >= 15 is 0 Å². The summed E-state index contributed by atoms with van der Waals surface area (Å²) < 4.78 is 5.87. The smallest absolute Gasteiger partial charge is 0.224 e. The average molecular weight is 279 g/mol. The monoisotopic (exact) mass is 279 g/mol. The van der Waals surface area contributed by atoms with Gasteiger partial charge in [0.15, 0.2) is 0 Å². The van der Waals surface area contributed by atoms with Crippen LogP contribution in [0.4, 0.5) is 0 Å². The lowest BCUT2D eigenvalue weighted by Gasteiger charge is -2.32. The molecule has 1 saturated heterocycles. The van der Waals surface area contributed by atoms with Gasteiger partial charge in [0.05, 0.1) is 5.56 Å². The molecular formula is C14H21N3OS. The summed E-state index contributed by atoms with van der Waals surface area (Å²) >= 11 is 5.03. The van der Waals surface area contributed by atoms with Crippen LogP contribution < -0.4 is 10.5 Å². The number of thiocarbonyl (C=S) groups is 1. The molecule has 1 aliphatic heterocycles. The van der Waals surface area contributed by atoms with E-state index in [2.05, 4.69) is 16.9 Å². The fourth-order valence-electron chi connectivity index (χ4n) is 2.36. The summed E-state index contributed by atoms with van der Waals surface area (Å²) in [6.45, 7) is 3.71. The third-order valence-corrected chi connectivity index (χ3v) is 3.82. The van der Waals surface area contributed by atoms with Gasteiger partial charge in [-0.2, -0.15) is 0 Å². The zero-order valence-electron chi connectivity index (χ0n) is 11.6. The summed E-state index contributed by atoms with van der Waals surface area (Å²) in [5, 5.41) is 0. The second-order valence-electron chi connectivity index (χ2n) is 5.11. The fraction of sp³-hybridized carbons (Fsp3) is 0.571. The van der Waals surface area contributed by atoms with Crippen molar-refractivity contribution in [2.24, 2.45) is 5.73 Å². The normalized spacial score (nSPS) is 20.2. The fourth-order valence-corrected chi connectivity index (χ4v) is 2.52. The first-order chi connectivity index (χ1) is 9.08. The molecule has 1 aromatic heterocycles. The molecule has 0 bridgehead atoms. The lowest BCUT2D eigenvalue weighted by atomic mass is 10.0. The minimum Gasteiger partial charge on any atom is -0.475 e. The molecule has 104 valence electrons. The van der Waals surface area contributed by atoms with Gasteiger partial charge in [-0.25, -0.2) is 4.98 Å². The molecular weight excluding hydrogens is 258 g/mol. The lowest BCUT2D eigenvalue weighted by Crippen LogP contribution is -2.40. The molecule has 1 aromatic rings. The van der Waals surface area contributed by atoms with Gasteiger partial charge in [-0.05, 0) is 45.5 Å². The van der Waals surface area contributed by atoms with Crippen LogP contribution in [0.25, 0.3) is 0 Å². The van der Waals surface area contributed by atoms with Crippen LogP contribution in [0.3, 0.4) is 0 Å². The van der Waals surface area contributed by atoms with E-state index in [-0.39, 0.29) is 0 Å². The summed E-state index contributed by atoms with van der Waals surface area (Å²) in [4.78, 5) is 7.08. The third kappa shape index (κ3) is 3.64. The van der Waals surface area contributed by atoms with Gasteiger partial charge < -0.3 is 15.4 Å². The van der Waals surface area contributed by atoms with Crippen molar-refractivity contribution in [3.63, 3.8) is 0 Å². The SMILES string of the molecule is Cc1ccc(C(N)=S)c(OCC2CCCCN2C)n1. The molecule has 4 nitrogen and oxygen atoms in total. The van der Waals surface area contributed by atoms with Crippen LogP contribution in [0.1, 0.15) is 30.5 Å². The Morgan fingerprint density at radius 3 is 3.00 bits per heavy atom. The molecule has 2 heterocycles. The first kappa shape index (κ1) is 14.2. The number of ether oxygens (including phenoxy) is 1. The standard InChI is InChI=1S/C14H21N3OS/c1-10-6-7-12(13(15)19)14(16-10)18-9-11-5-3-4-8-17(11)2/h6-7,11H,3-5,8-9H2,1-2H3,(H2,15,19). The van der Waals surface area contributed by atoms with Crippen LogP contribution in [0.5, 0.6) is 5.88 Å². The molecule has 0 amide bonds. The molecule has 0 saturated carbocycles. The highest BCUT2D eigenvalue weighted by Crippen LogP contribution is 2.19. The number of pyridine rings is 1. The van der Waals surface area contributed by atoms with Gasteiger partial charge >= 0.3 is 0 Å². The molecule has 2 N–H and O–H groups in total. The molecule has 1 unspecified atom stereocenters. The molecule has 5 heteroatoms. The number of likely N-dealkylation sites (N-methyl/N-ethyl adjacent to an activating group) is 1. The van der Waals surface area contributed by atoms with E-state index in [1.54, 1.807) is 0 Å². The van der Waals surface area contributed by atoms with Crippen molar-refractivity contribution in [2.75, 3.05) is 20.2 Å². The van der Waals surface area contributed by atoms with E-state index in [1.807, 2.05) is 19.1 Å². The first-order valence-electron chi connectivity index (χ1n) is 6.68. The maximum absolute atomic E-state index is 5.87. The number of hydrogen-bond acceptors (Lipinski definition) is 4. The van der Waals surface area contributed by atoms with Gasteiger partial charge in [0, 0.05) is 11.7 Å². The number of hydrogen-bond donors (Lipinski definition) is 1. The number of aromatic nitrogens is 1. The Labute approximate surface area is 120 Å². The maximum Gasteiger partial charge on any atom is 0.224 e. The van der Waals surface area contributed by atoms with Crippen molar-refractivity contribution in [1.82, 2.24) is 9.88 Å². The van der Waals surface area contributed by atoms with Crippen LogP contribution in [0.2, 0.25) is 0 Å². The van der Waals surface area contributed by atoms with Gasteiger partial charge in [-0.3, -0.25) is 0 Å². The van der Waals surface area contributed by atoms with Crippen molar-refractivity contribution in [3.8, 4) is 5.88 Å². The van der Waals surface area contributed by atoms with E-state index in [4.69, 9.17) is 22.7 Å². The minimum absolute atomic E-state index is 0.333. The van der Waals surface area contributed by atoms with Crippen LogP contribution in [-0.2, 0) is 0 Å². The molecule has 1 atom stereocenters. The molecule has 2 rings (SSSR count). The number of aryl methyl sites for hydroxylation is 1. The van der Waals surface area contributed by atoms with Crippen molar-refractivity contribution in [1.29, 1.82) is 0 Å². The lowest BCUT2D eigenvalue weighted by molar-refractivity contribution is 0.122. The number of nitrogens with zero attached hydrogens (tertiary/aromatic N) is 2. The minimum atomic E-state index is 0.333. The second-order valence-corrected chi connectivity index (χ2v) is 5.55. The summed E-state index contributed by atoms with van der Waals surface area (Å²) in [6.07, 6.45) is 3.71. The van der Waals surface area contributed by atoms with Crippen LogP contribution in [-0.4, -0.2) is 41.1 Å². The predicted molar refractivity (Wildman–Crippen MR) is 80.6 cm³/mol. The summed E-state index contributed by atoms with van der Waals surface area (Å²) in [5.74, 6) is 0.562. The molecule has 1 aliphatic rings. The average Bonchev–Trinajstić information content (AvgIpc) is 2.37. The number of nitrogens with two attached hydrogens (primary N) is 1. The molecule has 1 fully saturated rings. The first-order valence-corrected chi connectivity index (χ1v) is 7.09. The molecule has 0 spiro atoms. The Hall–Kier alpha value is -1.20. The molecule has 19 heavy (non-hydrogen) atoms. The quantitative estimate of drug-likeness (QED) is 0.853. The van der Waals surface area contributed by atoms with Gasteiger partial charge in [0.1, 0.15) is 11.6 Å². The highest BCUT2D eigenvalue weighted by atomic mass is 32.1. The van der Waals surface area contributed by atoms with Crippen molar-refractivity contribution in [3.05, 3.63) is 23.4 Å².